The number of hydrogen-bond acceptors (Lipinski definition) is 4. The molecule has 1 heterocycles. The number of carboxylic acid groups (broad SMARTS) is 2. The van der Waals surface area contributed by atoms with Crippen LogP contribution in [0.3, 0.4) is 0 Å². The van der Waals surface area contributed by atoms with Gasteiger partial charge in [0.2, 0.25) is 0 Å². The predicted octanol–water partition coefficient (Wildman–Crippen LogP) is 0.689. The maximum Gasteiger partial charge on any atom is 0.325 e. The van der Waals surface area contributed by atoms with Crippen molar-refractivity contribution >= 4 is 11.9 Å². The Bertz CT molecular complexity index is 519. The molecule has 0 radical (unpaired) electrons. The summed E-state index contributed by atoms with van der Waals surface area (Å²) in [7, 11) is 0. The Labute approximate surface area is 116 Å². The second-order valence-electron chi connectivity index (χ2n) is 5.28. The van der Waals surface area contributed by atoms with Crippen molar-refractivity contribution in [3.63, 3.8) is 0 Å². The van der Waals surface area contributed by atoms with Gasteiger partial charge in [-0.05, 0) is 12.5 Å². The Balaban J connectivity index is 2.29. The van der Waals surface area contributed by atoms with E-state index in [2.05, 4.69) is 0 Å². The standard InChI is InChI=1S/C14H18N2O4/c1-9(10-5-3-2-4-6-10)16-8-14(15,13(19)20)7-11(16)12(17)18/h2-6,9,11H,7-8,15H2,1H3,(H,17,18)(H,19,20). The van der Waals surface area contributed by atoms with Gasteiger partial charge in [0.25, 0.3) is 0 Å². The summed E-state index contributed by atoms with van der Waals surface area (Å²) in [6, 6.07) is 8.30. The molecule has 6 nitrogen and oxygen atoms in total. The quantitative estimate of drug-likeness (QED) is 0.748. The summed E-state index contributed by atoms with van der Waals surface area (Å²) in [5.74, 6) is -2.20. The number of rotatable bonds is 4. The monoisotopic (exact) mass is 278 g/mol. The van der Waals surface area contributed by atoms with E-state index in [1.807, 2.05) is 37.3 Å². The predicted molar refractivity (Wildman–Crippen MR) is 72.2 cm³/mol. The van der Waals surface area contributed by atoms with Gasteiger partial charge in [0, 0.05) is 19.0 Å². The van der Waals surface area contributed by atoms with Crippen molar-refractivity contribution in [3.05, 3.63) is 35.9 Å². The first-order valence-corrected chi connectivity index (χ1v) is 6.41. The number of likely N-dealkylation sites (tertiary alicyclic amines) is 1. The van der Waals surface area contributed by atoms with Gasteiger partial charge in [0.15, 0.2) is 0 Å². The van der Waals surface area contributed by atoms with Crippen molar-refractivity contribution in [2.45, 2.75) is 31.0 Å². The van der Waals surface area contributed by atoms with Gasteiger partial charge in [0.1, 0.15) is 11.6 Å². The lowest BCUT2D eigenvalue weighted by Crippen LogP contribution is -2.50. The van der Waals surface area contributed by atoms with Crippen molar-refractivity contribution in [2.75, 3.05) is 6.54 Å². The molecule has 108 valence electrons. The van der Waals surface area contributed by atoms with Crippen LogP contribution < -0.4 is 5.73 Å². The SMILES string of the molecule is CC(c1ccccc1)N1CC(N)(C(=O)O)CC1C(=O)O. The smallest absolute Gasteiger partial charge is 0.325 e. The molecule has 0 aliphatic carbocycles. The van der Waals surface area contributed by atoms with E-state index in [1.54, 1.807) is 4.90 Å². The molecule has 6 heteroatoms. The van der Waals surface area contributed by atoms with E-state index in [0.29, 0.717) is 0 Å². The maximum absolute atomic E-state index is 11.4. The Morgan fingerprint density at radius 2 is 1.95 bits per heavy atom. The number of carboxylic acids is 2. The van der Waals surface area contributed by atoms with E-state index in [0.717, 1.165) is 5.56 Å². The molecule has 1 saturated heterocycles. The topological polar surface area (TPSA) is 104 Å². The lowest BCUT2D eigenvalue weighted by molar-refractivity contribution is -0.143. The first-order valence-electron chi connectivity index (χ1n) is 6.41. The largest absolute Gasteiger partial charge is 0.480 e. The van der Waals surface area contributed by atoms with Crippen LogP contribution in [0, 0.1) is 0 Å². The lowest BCUT2D eigenvalue weighted by atomic mass is 9.98. The molecular formula is C14H18N2O4. The molecule has 0 bridgehead atoms. The maximum atomic E-state index is 11.4. The molecular weight excluding hydrogens is 260 g/mol. The molecule has 1 fully saturated rings. The van der Waals surface area contributed by atoms with Crippen LogP contribution in [0.1, 0.15) is 24.9 Å². The van der Waals surface area contributed by atoms with Gasteiger partial charge in [-0.15, -0.1) is 0 Å². The average molecular weight is 278 g/mol. The second-order valence-corrected chi connectivity index (χ2v) is 5.28. The first-order chi connectivity index (χ1) is 9.35. The number of carbonyl (C=O) groups is 2. The fourth-order valence-electron chi connectivity index (χ4n) is 2.68. The molecule has 4 N–H and O–H groups in total. The number of hydrogen-bond donors (Lipinski definition) is 3. The van der Waals surface area contributed by atoms with Crippen LogP contribution in [0.4, 0.5) is 0 Å². The lowest BCUT2D eigenvalue weighted by Gasteiger charge is -2.29. The zero-order valence-electron chi connectivity index (χ0n) is 11.2. The number of nitrogens with zero attached hydrogens (tertiary/aromatic N) is 1. The summed E-state index contributed by atoms with van der Waals surface area (Å²) < 4.78 is 0. The fraction of sp³-hybridized carbons (Fsp3) is 0.429. The van der Waals surface area contributed by atoms with Crippen molar-refractivity contribution < 1.29 is 19.8 Å². The van der Waals surface area contributed by atoms with Crippen LogP contribution in [0.15, 0.2) is 30.3 Å². The van der Waals surface area contributed by atoms with Crippen LogP contribution in [0.2, 0.25) is 0 Å². The zero-order valence-corrected chi connectivity index (χ0v) is 11.2. The summed E-state index contributed by atoms with van der Waals surface area (Å²) >= 11 is 0. The molecule has 0 amide bonds. The molecule has 0 aromatic heterocycles. The fourth-order valence-corrected chi connectivity index (χ4v) is 2.68. The highest BCUT2D eigenvalue weighted by molar-refractivity contribution is 5.83. The molecule has 20 heavy (non-hydrogen) atoms. The summed E-state index contributed by atoms with van der Waals surface area (Å²) in [4.78, 5) is 24.3. The second kappa shape index (κ2) is 5.22. The van der Waals surface area contributed by atoms with E-state index in [1.165, 1.54) is 0 Å². The highest BCUT2D eigenvalue weighted by Gasteiger charge is 2.50. The van der Waals surface area contributed by atoms with E-state index in [-0.39, 0.29) is 19.0 Å². The number of benzene rings is 1. The van der Waals surface area contributed by atoms with Gasteiger partial charge < -0.3 is 15.9 Å². The highest BCUT2D eigenvalue weighted by Crippen LogP contribution is 2.33. The molecule has 1 aromatic carbocycles. The molecule has 1 aliphatic rings. The Morgan fingerprint density at radius 1 is 1.35 bits per heavy atom. The molecule has 2 rings (SSSR count). The Kier molecular flexibility index (Phi) is 3.78. The van der Waals surface area contributed by atoms with Crippen LogP contribution >= 0.6 is 0 Å². The van der Waals surface area contributed by atoms with Crippen LogP contribution in [0.5, 0.6) is 0 Å². The number of nitrogens with two attached hydrogens (primary N) is 1. The Morgan fingerprint density at radius 3 is 2.45 bits per heavy atom. The van der Waals surface area contributed by atoms with E-state index < -0.39 is 23.5 Å². The van der Waals surface area contributed by atoms with Crippen molar-refractivity contribution in [1.82, 2.24) is 4.90 Å². The minimum atomic E-state index is -1.51. The van der Waals surface area contributed by atoms with Gasteiger partial charge in [-0.1, -0.05) is 30.3 Å². The summed E-state index contributed by atoms with van der Waals surface area (Å²) in [6.07, 6.45) is -0.0885. The normalized spacial score (nSPS) is 28.2. The highest BCUT2D eigenvalue weighted by atomic mass is 16.4. The number of aliphatic carboxylic acids is 2. The third kappa shape index (κ3) is 2.52. The molecule has 1 aliphatic heterocycles. The molecule has 0 saturated carbocycles. The molecule has 0 spiro atoms. The summed E-state index contributed by atoms with van der Waals surface area (Å²) in [5, 5.41) is 18.5. The Hall–Kier alpha value is -1.92. The minimum Gasteiger partial charge on any atom is -0.480 e. The average Bonchev–Trinajstić information content (AvgIpc) is 2.79. The van der Waals surface area contributed by atoms with Crippen LogP contribution in [-0.4, -0.2) is 45.2 Å². The van der Waals surface area contributed by atoms with E-state index >= 15 is 0 Å². The summed E-state index contributed by atoms with van der Waals surface area (Å²) in [5.41, 5.74) is 5.26. The molecule has 3 atom stereocenters. The minimum absolute atomic E-state index is 0.0232. The van der Waals surface area contributed by atoms with Gasteiger partial charge in [0.05, 0.1) is 0 Å². The van der Waals surface area contributed by atoms with E-state index in [9.17, 15) is 19.8 Å². The van der Waals surface area contributed by atoms with E-state index in [4.69, 9.17) is 5.73 Å². The van der Waals surface area contributed by atoms with Crippen molar-refractivity contribution in [1.29, 1.82) is 0 Å². The first kappa shape index (κ1) is 14.5. The van der Waals surface area contributed by atoms with Gasteiger partial charge in [-0.3, -0.25) is 14.5 Å². The van der Waals surface area contributed by atoms with Crippen molar-refractivity contribution in [3.8, 4) is 0 Å². The van der Waals surface area contributed by atoms with Crippen LogP contribution in [-0.2, 0) is 9.59 Å². The third-order valence-corrected chi connectivity index (χ3v) is 3.91. The van der Waals surface area contributed by atoms with Crippen LogP contribution in [0.25, 0.3) is 0 Å². The van der Waals surface area contributed by atoms with Gasteiger partial charge in [-0.25, -0.2) is 0 Å². The summed E-state index contributed by atoms with van der Waals surface area (Å²) in [6.45, 7) is 1.88. The van der Waals surface area contributed by atoms with Gasteiger partial charge in [-0.2, -0.15) is 0 Å². The molecule has 1 aromatic rings. The zero-order chi connectivity index (χ0) is 14.9. The molecule has 3 unspecified atom stereocenters. The van der Waals surface area contributed by atoms with Gasteiger partial charge >= 0.3 is 11.9 Å². The van der Waals surface area contributed by atoms with Crippen molar-refractivity contribution in [2.24, 2.45) is 5.73 Å². The third-order valence-electron chi connectivity index (χ3n) is 3.91.